The average Bonchev–Trinajstić information content (AvgIpc) is 2.06. The van der Waals surface area contributed by atoms with Crippen LogP contribution >= 0.6 is 12.4 Å². The second-order valence-corrected chi connectivity index (χ2v) is 3.67. The Morgan fingerprint density at radius 2 is 1.85 bits per heavy atom. The molecule has 1 heterocycles. The lowest BCUT2D eigenvalue weighted by Crippen LogP contribution is -2.28. The first-order valence-corrected chi connectivity index (χ1v) is 4.21. The summed E-state index contributed by atoms with van der Waals surface area (Å²) in [5.74, 6) is -0.236. The highest BCUT2D eigenvalue weighted by Crippen LogP contribution is 2.32. The molecule has 1 aliphatic rings. The van der Waals surface area contributed by atoms with Gasteiger partial charge in [-0.25, -0.2) is 0 Å². The average molecular weight is 218 g/mol. The molecule has 0 aliphatic carbocycles. The quantitative estimate of drug-likeness (QED) is 0.712. The molecule has 0 amide bonds. The topological polar surface area (TPSA) is 12.0 Å². The highest BCUT2D eigenvalue weighted by Gasteiger charge is 2.38. The van der Waals surface area contributed by atoms with E-state index < -0.39 is 12.6 Å². The Bertz CT molecular complexity index is 160. The molecule has 0 aromatic carbocycles. The summed E-state index contributed by atoms with van der Waals surface area (Å²) in [7, 11) is 0. The molecular formula is C8H15ClF3N. The predicted octanol–water partition coefficient (Wildman–Crippen LogP) is 2.75. The summed E-state index contributed by atoms with van der Waals surface area (Å²) in [5, 5.41) is 3.09. The zero-order valence-corrected chi connectivity index (χ0v) is 8.50. The highest BCUT2D eigenvalue weighted by atomic mass is 35.5. The molecule has 0 aromatic rings. The van der Waals surface area contributed by atoms with Crippen LogP contribution in [0.25, 0.3) is 0 Å². The van der Waals surface area contributed by atoms with E-state index in [0.29, 0.717) is 6.42 Å². The maximum absolute atomic E-state index is 12.0. The van der Waals surface area contributed by atoms with Gasteiger partial charge in [0.15, 0.2) is 0 Å². The van der Waals surface area contributed by atoms with Crippen LogP contribution in [0.4, 0.5) is 13.2 Å². The van der Waals surface area contributed by atoms with Crippen molar-refractivity contribution in [2.45, 2.75) is 44.9 Å². The van der Waals surface area contributed by atoms with Crippen LogP contribution in [0.2, 0.25) is 0 Å². The van der Waals surface area contributed by atoms with Crippen molar-refractivity contribution in [1.82, 2.24) is 5.32 Å². The Labute approximate surface area is 82.5 Å². The first kappa shape index (κ1) is 13.0. The summed E-state index contributed by atoms with van der Waals surface area (Å²) >= 11 is 0. The molecule has 0 radical (unpaired) electrons. The van der Waals surface area contributed by atoms with Crippen molar-refractivity contribution in [1.29, 1.82) is 0 Å². The number of rotatable bonds is 1. The van der Waals surface area contributed by atoms with Crippen molar-refractivity contribution < 1.29 is 13.2 Å². The maximum Gasteiger partial charge on any atom is 0.389 e. The summed E-state index contributed by atoms with van der Waals surface area (Å²) in [6.45, 7) is 3.74. The third-order valence-electron chi connectivity index (χ3n) is 2.40. The van der Waals surface area contributed by atoms with E-state index in [9.17, 15) is 13.2 Å². The molecular weight excluding hydrogens is 203 g/mol. The molecule has 0 spiro atoms. The van der Waals surface area contributed by atoms with Gasteiger partial charge in [0.1, 0.15) is 0 Å². The molecule has 1 saturated heterocycles. The molecule has 13 heavy (non-hydrogen) atoms. The van der Waals surface area contributed by atoms with E-state index in [0.717, 1.165) is 0 Å². The number of alkyl halides is 3. The van der Waals surface area contributed by atoms with Crippen LogP contribution in [0.3, 0.4) is 0 Å². The van der Waals surface area contributed by atoms with Crippen molar-refractivity contribution >= 4 is 12.4 Å². The fraction of sp³-hybridized carbons (Fsp3) is 1.00. The van der Waals surface area contributed by atoms with Gasteiger partial charge in [0, 0.05) is 18.5 Å². The van der Waals surface area contributed by atoms with Gasteiger partial charge in [-0.2, -0.15) is 13.2 Å². The molecule has 1 nitrogen and oxygen atoms in total. The van der Waals surface area contributed by atoms with Gasteiger partial charge < -0.3 is 5.32 Å². The van der Waals surface area contributed by atoms with Crippen LogP contribution in [-0.2, 0) is 0 Å². The Hall–Kier alpha value is 0.0400. The largest absolute Gasteiger partial charge is 0.389 e. The van der Waals surface area contributed by atoms with E-state index in [4.69, 9.17) is 0 Å². The summed E-state index contributed by atoms with van der Waals surface area (Å²) in [4.78, 5) is 0. The van der Waals surface area contributed by atoms with Crippen molar-refractivity contribution in [2.24, 2.45) is 5.92 Å². The van der Waals surface area contributed by atoms with Gasteiger partial charge in [0.25, 0.3) is 0 Å². The van der Waals surface area contributed by atoms with E-state index in [2.05, 4.69) is 5.32 Å². The van der Waals surface area contributed by atoms with Crippen LogP contribution < -0.4 is 5.32 Å². The van der Waals surface area contributed by atoms with Gasteiger partial charge in [-0.05, 0) is 26.2 Å². The van der Waals surface area contributed by atoms with Crippen LogP contribution in [-0.4, -0.2) is 18.3 Å². The third-order valence-corrected chi connectivity index (χ3v) is 2.40. The van der Waals surface area contributed by atoms with Gasteiger partial charge >= 0.3 is 6.18 Å². The van der Waals surface area contributed by atoms with E-state index in [-0.39, 0.29) is 30.4 Å². The summed E-state index contributed by atoms with van der Waals surface area (Å²) in [6.07, 6.45) is -4.02. The van der Waals surface area contributed by atoms with Gasteiger partial charge in [-0.3, -0.25) is 0 Å². The molecule has 1 aliphatic heterocycles. The summed E-state index contributed by atoms with van der Waals surface area (Å²) in [5.41, 5.74) is 0. The fourth-order valence-electron chi connectivity index (χ4n) is 1.87. The SMILES string of the molecule is C[C@H]1CC(CC(F)(F)F)[C@@H](C)N1.Cl. The number of halogens is 4. The minimum Gasteiger partial charge on any atom is -0.311 e. The van der Waals surface area contributed by atoms with Gasteiger partial charge in [-0.1, -0.05) is 0 Å². The molecule has 1 N–H and O–H groups in total. The lowest BCUT2D eigenvalue weighted by Gasteiger charge is -2.16. The monoisotopic (exact) mass is 217 g/mol. The van der Waals surface area contributed by atoms with Gasteiger partial charge in [0.2, 0.25) is 0 Å². The molecule has 3 atom stereocenters. The van der Waals surface area contributed by atoms with E-state index in [1.165, 1.54) is 0 Å². The van der Waals surface area contributed by atoms with Crippen molar-refractivity contribution in [2.75, 3.05) is 0 Å². The molecule has 5 heteroatoms. The standard InChI is InChI=1S/C8H14F3N.ClH/c1-5-3-7(6(2)12-5)4-8(9,10)11;/h5-7,12H,3-4H2,1-2H3;1H/t5-,6+,7?;/m0./s1. The maximum atomic E-state index is 12.0. The second kappa shape index (κ2) is 4.51. The first-order valence-electron chi connectivity index (χ1n) is 4.21. The van der Waals surface area contributed by atoms with Crippen LogP contribution in [0, 0.1) is 5.92 Å². The van der Waals surface area contributed by atoms with Crippen LogP contribution in [0.1, 0.15) is 26.7 Å². The second-order valence-electron chi connectivity index (χ2n) is 3.67. The van der Waals surface area contributed by atoms with E-state index >= 15 is 0 Å². The minimum atomic E-state index is -4.01. The lowest BCUT2D eigenvalue weighted by atomic mass is 9.96. The lowest BCUT2D eigenvalue weighted by molar-refractivity contribution is -0.144. The molecule has 1 rings (SSSR count). The number of nitrogens with one attached hydrogen (secondary N) is 1. The van der Waals surface area contributed by atoms with Crippen molar-refractivity contribution in [3.05, 3.63) is 0 Å². The molecule has 0 aromatic heterocycles. The summed E-state index contributed by atoms with van der Waals surface area (Å²) < 4.78 is 35.9. The Morgan fingerprint density at radius 1 is 1.31 bits per heavy atom. The first-order chi connectivity index (χ1) is 5.38. The van der Waals surface area contributed by atoms with E-state index in [1.54, 1.807) is 0 Å². The molecule has 1 unspecified atom stereocenters. The zero-order chi connectivity index (χ0) is 9.35. The normalized spacial score (nSPS) is 34.4. The fourth-order valence-corrected chi connectivity index (χ4v) is 1.87. The van der Waals surface area contributed by atoms with E-state index in [1.807, 2.05) is 13.8 Å². The minimum absolute atomic E-state index is 0. The molecule has 0 bridgehead atoms. The Balaban J connectivity index is 0.00000144. The van der Waals surface area contributed by atoms with Gasteiger partial charge in [0.05, 0.1) is 0 Å². The van der Waals surface area contributed by atoms with Gasteiger partial charge in [-0.15, -0.1) is 12.4 Å². The predicted molar refractivity (Wildman–Crippen MR) is 48.1 cm³/mol. The van der Waals surface area contributed by atoms with Crippen LogP contribution in [0.15, 0.2) is 0 Å². The highest BCUT2D eigenvalue weighted by molar-refractivity contribution is 5.85. The van der Waals surface area contributed by atoms with Crippen molar-refractivity contribution in [3.63, 3.8) is 0 Å². The molecule has 80 valence electrons. The number of hydrogen-bond donors (Lipinski definition) is 1. The summed E-state index contributed by atoms with van der Waals surface area (Å²) in [6, 6.07) is 0.231. The molecule has 0 saturated carbocycles. The number of hydrogen-bond acceptors (Lipinski definition) is 1. The Kier molecular flexibility index (Phi) is 4.52. The van der Waals surface area contributed by atoms with Crippen LogP contribution in [0.5, 0.6) is 0 Å². The van der Waals surface area contributed by atoms with Crippen molar-refractivity contribution in [3.8, 4) is 0 Å². The molecule has 1 fully saturated rings. The Morgan fingerprint density at radius 3 is 2.15 bits per heavy atom. The zero-order valence-electron chi connectivity index (χ0n) is 7.69. The third kappa shape index (κ3) is 4.18. The smallest absolute Gasteiger partial charge is 0.311 e.